The fraction of sp³-hybridized carbons (Fsp3) is 0.368. The minimum absolute atomic E-state index is 0. The summed E-state index contributed by atoms with van der Waals surface area (Å²) in [5.41, 5.74) is 2.35. The van der Waals surface area contributed by atoms with Gasteiger partial charge in [0, 0.05) is 10.0 Å². The molecule has 0 saturated heterocycles. The van der Waals surface area contributed by atoms with Crippen LogP contribution in [0.5, 0.6) is 11.5 Å². The molecule has 0 amide bonds. The number of rotatable bonds is 8. The van der Waals surface area contributed by atoms with Crippen molar-refractivity contribution in [2.75, 3.05) is 27.7 Å². The zero-order valence-corrected chi connectivity index (χ0v) is 19.9. The standard InChI is InChI=1S/C19H22Br3NO2.H2O/c1-23(2)8-4-5-13-6-7-18(24-3)14(9-13)12-25-19-16(21)10-15(20)11-17(19)22;/h6-7,9-11H,4-5,8,12H2,1-3H3;1H2. The van der Waals surface area contributed by atoms with E-state index >= 15 is 0 Å². The summed E-state index contributed by atoms with van der Waals surface area (Å²) in [5, 5.41) is 0. The van der Waals surface area contributed by atoms with Crippen molar-refractivity contribution in [3.8, 4) is 11.5 Å². The van der Waals surface area contributed by atoms with E-state index in [-0.39, 0.29) is 5.48 Å². The van der Waals surface area contributed by atoms with E-state index in [4.69, 9.17) is 9.47 Å². The van der Waals surface area contributed by atoms with Crippen molar-refractivity contribution in [2.24, 2.45) is 0 Å². The van der Waals surface area contributed by atoms with E-state index in [9.17, 15) is 0 Å². The Morgan fingerprint density at radius 2 is 1.65 bits per heavy atom. The smallest absolute Gasteiger partial charge is 0.148 e. The third-order valence-corrected chi connectivity index (χ3v) is 5.39. The molecule has 0 fully saturated rings. The Bertz CT molecular complexity index is 700. The van der Waals surface area contributed by atoms with Crippen LogP contribution in [0, 0.1) is 0 Å². The summed E-state index contributed by atoms with van der Waals surface area (Å²) in [4.78, 5) is 2.20. The molecule has 0 heterocycles. The summed E-state index contributed by atoms with van der Waals surface area (Å²) in [6, 6.07) is 10.3. The third-order valence-electron chi connectivity index (χ3n) is 3.75. The molecule has 0 atom stereocenters. The highest BCUT2D eigenvalue weighted by Crippen LogP contribution is 2.37. The van der Waals surface area contributed by atoms with Gasteiger partial charge in [0.2, 0.25) is 0 Å². The predicted octanol–water partition coefficient (Wildman–Crippen LogP) is 5.23. The molecule has 0 saturated carbocycles. The van der Waals surface area contributed by atoms with Crippen molar-refractivity contribution in [2.45, 2.75) is 19.4 Å². The van der Waals surface area contributed by atoms with E-state index in [1.807, 2.05) is 18.2 Å². The molecule has 0 aliphatic rings. The highest BCUT2D eigenvalue weighted by molar-refractivity contribution is 9.11. The van der Waals surface area contributed by atoms with Crippen molar-refractivity contribution in [3.63, 3.8) is 0 Å². The number of nitrogens with zero attached hydrogens (tertiary/aromatic N) is 1. The van der Waals surface area contributed by atoms with Gasteiger partial charge in [0.25, 0.3) is 0 Å². The second-order valence-electron chi connectivity index (χ2n) is 6.04. The second kappa shape index (κ2) is 11.3. The van der Waals surface area contributed by atoms with Crippen LogP contribution in [-0.4, -0.2) is 38.1 Å². The van der Waals surface area contributed by atoms with Gasteiger partial charge in [0.05, 0.1) is 16.1 Å². The van der Waals surface area contributed by atoms with Gasteiger partial charge in [-0.15, -0.1) is 0 Å². The van der Waals surface area contributed by atoms with Gasteiger partial charge in [0.15, 0.2) is 0 Å². The molecule has 0 aliphatic heterocycles. The SMILES string of the molecule is COc1ccc(CCCN(C)C)cc1COc1c(Br)cc(Br)cc1Br.O. The molecule has 0 radical (unpaired) electrons. The molecule has 2 aromatic rings. The highest BCUT2D eigenvalue weighted by atomic mass is 79.9. The number of halogens is 3. The first kappa shape index (κ1) is 23.4. The lowest BCUT2D eigenvalue weighted by Crippen LogP contribution is -2.13. The normalized spacial score (nSPS) is 10.6. The lowest BCUT2D eigenvalue weighted by Gasteiger charge is -2.15. The van der Waals surface area contributed by atoms with Crippen LogP contribution in [0.2, 0.25) is 0 Å². The van der Waals surface area contributed by atoms with Gasteiger partial charge in [0.1, 0.15) is 18.1 Å². The first-order chi connectivity index (χ1) is 11.9. The summed E-state index contributed by atoms with van der Waals surface area (Å²) in [5.74, 6) is 1.63. The Balaban J connectivity index is 0.00000338. The molecule has 4 nitrogen and oxygen atoms in total. The van der Waals surface area contributed by atoms with Gasteiger partial charge in [-0.3, -0.25) is 0 Å². The molecule has 0 aromatic heterocycles. The first-order valence-electron chi connectivity index (χ1n) is 7.98. The number of methoxy groups -OCH3 is 1. The van der Waals surface area contributed by atoms with E-state index in [2.05, 4.69) is 78.9 Å². The van der Waals surface area contributed by atoms with Crippen molar-refractivity contribution in [1.29, 1.82) is 0 Å². The molecular formula is C19H24Br3NO3. The van der Waals surface area contributed by atoms with E-state index < -0.39 is 0 Å². The van der Waals surface area contributed by atoms with Crippen molar-refractivity contribution in [1.82, 2.24) is 4.90 Å². The number of ether oxygens (including phenoxy) is 2. The minimum atomic E-state index is 0. The van der Waals surface area contributed by atoms with Crippen molar-refractivity contribution < 1.29 is 14.9 Å². The van der Waals surface area contributed by atoms with Crippen LogP contribution in [0.1, 0.15) is 17.5 Å². The minimum Gasteiger partial charge on any atom is -0.496 e. The van der Waals surface area contributed by atoms with E-state index in [0.717, 1.165) is 49.9 Å². The van der Waals surface area contributed by atoms with Crippen molar-refractivity contribution >= 4 is 47.8 Å². The van der Waals surface area contributed by atoms with E-state index in [0.29, 0.717) is 6.61 Å². The molecule has 26 heavy (non-hydrogen) atoms. The summed E-state index contributed by atoms with van der Waals surface area (Å²) in [6.45, 7) is 1.53. The van der Waals surface area contributed by atoms with Crippen LogP contribution in [0.15, 0.2) is 43.7 Å². The number of benzene rings is 2. The van der Waals surface area contributed by atoms with E-state index in [1.54, 1.807) is 7.11 Å². The maximum absolute atomic E-state index is 6.05. The number of aryl methyl sites for hydroxylation is 1. The Hall–Kier alpha value is -0.600. The number of hydrogen-bond donors (Lipinski definition) is 0. The molecule has 2 rings (SSSR count). The van der Waals surface area contributed by atoms with Crippen LogP contribution >= 0.6 is 47.8 Å². The molecule has 7 heteroatoms. The van der Waals surface area contributed by atoms with Crippen LogP contribution in [0.25, 0.3) is 0 Å². The van der Waals surface area contributed by atoms with Gasteiger partial charge in [-0.05, 0) is 95.2 Å². The Kier molecular flexibility index (Phi) is 10.2. The molecule has 0 spiro atoms. The topological polar surface area (TPSA) is 53.2 Å². The van der Waals surface area contributed by atoms with Gasteiger partial charge in [-0.1, -0.05) is 22.0 Å². The Morgan fingerprint density at radius 1 is 1.00 bits per heavy atom. The van der Waals surface area contributed by atoms with Gasteiger partial charge in [-0.2, -0.15) is 0 Å². The molecule has 0 bridgehead atoms. The highest BCUT2D eigenvalue weighted by Gasteiger charge is 2.11. The zero-order valence-electron chi connectivity index (χ0n) is 15.1. The van der Waals surface area contributed by atoms with Crippen LogP contribution < -0.4 is 9.47 Å². The lowest BCUT2D eigenvalue weighted by atomic mass is 10.1. The largest absolute Gasteiger partial charge is 0.496 e. The van der Waals surface area contributed by atoms with Gasteiger partial charge < -0.3 is 19.8 Å². The first-order valence-corrected chi connectivity index (χ1v) is 10.4. The second-order valence-corrected chi connectivity index (χ2v) is 8.66. The summed E-state index contributed by atoms with van der Waals surface area (Å²) >= 11 is 10.6. The maximum atomic E-state index is 6.05. The quantitative estimate of drug-likeness (QED) is 0.450. The van der Waals surface area contributed by atoms with E-state index in [1.165, 1.54) is 5.56 Å². The zero-order chi connectivity index (χ0) is 18.4. The fourth-order valence-electron chi connectivity index (χ4n) is 2.52. The predicted molar refractivity (Wildman–Crippen MR) is 117 cm³/mol. The molecule has 144 valence electrons. The molecular weight excluding hydrogens is 530 g/mol. The Morgan fingerprint density at radius 3 is 2.23 bits per heavy atom. The molecule has 2 aromatic carbocycles. The summed E-state index contributed by atoms with van der Waals surface area (Å²) in [7, 11) is 5.89. The average molecular weight is 554 g/mol. The lowest BCUT2D eigenvalue weighted by molar-refractivity contribution is 0.293. The Labute approximate surface area is 180 Å². The van der Waals surface area contributed by atoms with Crippen LogP contribution in [-0.2, 0) is 13.0 Å². The molecule has 0 aliphatic carbocycles. The van der Waals surface area contributed by atoms with Crippen LogP contribution in [0.3, 0.4) is 0 Å². The fourth-order valence-corrected chi connectivity index (χ4v) is 5.00. The number of hydrogen-bond acceptors (Lipinski definition) is 3. The van der Waals surface area contributed by atoms with Gasteiger partial charge >= 0.3 is 0 Å². The molecule has 2 N–H and O–H groups in total. The third kappa shape index (κ3) is 6.85. The maximum Gasteiger partial charge on any atom is 0.148 e. The van der Waals surface area contributed by atoms with Gasteiger partial charge in [-0.25, -0.2) is 0 Å². The summed E-state index contributed by atoms with van der Waals surface area (Å²) in [6.07, 6.45) is 2.17. The molecule has 0 unspecified atom stereocenters. The monoisotopic (exact) mass is 551 g/mol. The van der Waals surface area contributed by atoms with Crippen LogP contribution in [0.4, 0.5) is 0 Å². The average Bonchev–Trinajstić information content (AvgIpc) is 2.53. The van der Waals surface area contributed by atoms with Crippen molar-refractivity contribution in [3.05, 3.63) is 54.9 Å². The summed E-state index contributed by atoms with van der Waals surface area (Å²) < 4.78 is 14.3.